The molecule has 0 radical (unpaired) electrons. The van der Waals surface area contributed by atoms with E-state index in [4.69, 9.17) is 28.4 Å². The lowest BCUT2D eigenvalue weighted by Crippen LogP contribution is -2.66. The van der Waals surface area contributed by atoms with E-state index in [9.17, 15) is 61.0 Å². The van der Waals surface area contributed by atoms with E-state index in [1.165, 1.54) is 180 Å². The summed E-state index contributed by atoms with van der Waals surface area (Å²) in [5, 5.41) is 120. The number of carbonyl (C=O) groups excluding carboxylic acids is 1. The standard InChI is InChI=1S/C70H129NO18/c1-3-5-7-9-11-13-15-17-18-19-20-21-22-23-24-25-26-27-28-29-30-31-32-33-34-35-36-37-39-41-43-45-47-54(75)53(71-58(76)48-46-44-42-40-38-16-14-12-10-8-6-4-2)52-84-68-64(82)61(79)66(56(50-73)86-68)89-70-65(83)62(80)67(57(51-74)87-70)88-69-63(81)60(78)59(77)55(49-72)85-69/h12,14,37,39,45,47,53-57,59-70,72-75,77-83H,3-11,13,15-36,38,40-44,46,48-52H2,1-2H3,(H,71,76)/b14-12-,39-37+,47-45+. The average Bonchev–Trinajstić information content (AvgIpc) is 1.24. The van der Waals surface area contributed by atoms with Gasteiger partial charge in [0.1, 0.15) is 73.2 Å². The van der Waals surface area contributed by atoms with Gasteiger partial charge in [-0.25, -0.2) is 0 Å². The molecule has 0 aliphatic carbocycles. The van der Waals surface area contributed by atoms with Crippen molar-refractivity contribution in [3.63, 3.8) is 0 Å². The summed E-state index contributed by atoms with van der Waals surface area (Å²) in [6, 6.07) is -0.993. The molecule has 19 heteroatoms. The van der Waals surface area contributed by atoms with E-state index in [-0.39, 0.29) is 18.9 Å². The fraction of sp³-hybridized carbons (Fsp3) is 0.900. The molecule has 1 amide bonds. The van der Waals surface area contributed by atoms with Crippen LogP contribution >= 0.6 is 0 Å². The molecule has 17 unspecified atom stereocenters. The summed E-state index contributed by atoms with van der Waals surface area (Å²) in [4.78, 5) is 13.3. The maximum absolute atomic E-state index is 13.3. The molecule has 19 nitrogen and oxygen atoms in total. The predicted octanol–water partition coefficient (Wildman–Crippen LogP) is 9.61. The number of ether oxygens (including phenoxy) is 6. The van der Waals surface area contributed by atoms with Crippen molar-refractivity contribution >= 4 is 5.91 Å². The zero-order valence-corrected chi connectivity index (χ0v) is 55.2. The highest BCUT2D eigenvalue weighted by Crippen LogP contribution is 2.33. The third-order valence-electron chi connectivity index (χ3n) is 17.9. The second kappa shape index (κ2) is 52.3. The predicted molar refractivity (Wildman–Crippen MR) is 346 cm³/mol. The third kappa shape index (κ3) is 34.3. The van der Waals surface area contributed by atoms with E-state index < -0.39 is 124 Å². The largest absolute Gasteiger partial charge is 0.394 e. The molecule has 3 aliphatic heterocycles. The second-order valence-electron chi connectivity index (χ2n) is 25.7. The van der Waals surface area contributed by atoms with Gasteiger partial charge in [0.2, 0.25) is 5.91 Å². The summed E-state index contributed by atoms with van der Waals surface area (Å²) in [6.07, 6.45) is 34.5. The first-order chi connectivity index (χ1) is 43.3. The fourth-order valence-electron chi connectivity index (χ4n) is 12.1. The van der Waals surface area contributed by atoms with Gasteiger partial charge in [0.05, 0.1) is 38.6 Å². The monoisotopic (exact) mass is 1270 g/mol. The molecule has 0 saturated carbocycles. The molecule has 0 aromatic rings. The van der Waals surface area contributed by atoms with Crippen molar-refractivity contribution in [2.75, 3.05) is 26.4 Å². The van der Waals surface area contributed by atoms with Crippen LogP contribution in [0.5, 0.6) is 0 Å². The van der Waals surface area contributed by atoms with Crippen LogP contribution in [-0.4, -0.2) is 193 Å². The van der Waals surface area contributed by atoms with Crippen molar-refractivity contribution in [3.05, 3.63) is 36.5 Å². The van der Waals surface area contributed by atoms with Crippen molar-refractivity contribution in [1.82, 2.24) is 5.32 Å². The Morgan fingerprint density at radius 3 is 1.15 bits per heavy atom. The Morgan fingerprint density at radius 2 is 0.719 bits per heavy atom. The molecule has 3 heterocycles. The zero-order chi connectivity index (χ0) is 64.7. The summed E-state index contributed by atoms with van der Waals surface area (Å²) in [7, 11) is 0. The first kappa shape index (κ1) is 81.2. The van der Waals surface area contributed by atoms with Gasteiger partial charge in [-0.15, -0.1) is 0 Å². The molecule has 522 valence electrons. The minimum absolute atomic E-state index is 0.225. The fourth-order valence-corrected chi connectivity index (χ4v) is 12.1. The van der Waals surface area contributed by atoms with Crippen molar-refractivity contribution in [3.8, 4) is 0 Å². The third-order valence-corrected chi connectivity index (χ3v) is 17.9. The van der Waals surface area contributed by atoms with Crippen LogP contribution in [-0.2, 0) is 33.2 Å². The maximum atomic E-state index is 13.3. The number of nitrogens with one attached hydrogen (secondary N) is 1. The van der Waals surface area contributed by atoms with Crippen LogP contribution in [0, 0.1) is 0 Å². The van der Waals surface area contributed by atoms with E-state index in [0.29, 0.717) is 12.8 Å². The number of carbonyl (C=O) groups is 1. The van der Waals surface area contributed by atoms with Gasteiger partial charge in [0, 0.05) is 6.42 Å². The zero-order valence-electron chi connectivity index (χ0n) is 55.2. The molecule has 3 saturated heterocycles. The molecule has 12 N–H and O–H groups in total. The first-order valence-electron chi connectivity index (χ1n) is 35.7. The molecule has 0 aromatic carbocycles. The Balaban J connectivity index is 1.38. The molecule has 3 fully saturated rings. The number of hydrogen-bond donors (Lipinski definition) is 12. The van der Waals surface area contributed by atoms with Gasteiger partial charge >= 0.3 is 0 Å². The van der Waals surface area contributed by atoms with Crippen LogP contribution in [0.4, 0.5) is 0 Å². The van der Waals surface area contributed by atoms with Crippen molar-refractivity contribution in [1.29, 1.82) is 0 Å². The highest BCUT2D eigenvalue weighted by molar-refractivity contribution is 5.76. The molecule has 0 bridgehead atoms. The summed E-state index contributed by atoms with van der Waals surface area (Å²) in [5.74, 6) is -0.294. The molecule has 17 atom stereocenters. The first-order valence-corrected chi connectivity index (χ1v) is 35.7. The molecule has 89 heavy (non-hydrogen) atoms. The van der Waals surface area contributed by atoms with Gasteiger partial charge in [-0.3, -0.25) is 4.79 Å². The Bertz CT molecular complexity index is 1760. The van der Waals surface area contributed by atoms with Gasteiger partial charge in [-0.1, -0.05) is 243 Å². The highest BCUT2D eigenvalue weighted by Gasteiger charge is 2.53. The minimum Gasteiger partial charge on any atom is -0.394 e. The topological polar surface area (TPSA) is 307 Å². The van der Waals surface area contributed by atoms with Crippen LogP contribution in [0.3, 0.4) is 0 Å². The van der Waals surface area contributed by atoms with Crippen LogP contribution < -0.4 is 5.32 Å². The second-order valence-corrected chi connectivity index (χ2v) is 25.7. The van der Waals surface area contributed by atoms with E-state index in [0.717, 1.165) is 57.8 Å². The van der Waals surface area contributed by atoms with Crippen LogP contribution in [0.15, 0.2) is 36.5 Å². The van der Waals surface area contributed by atoms with E-state index >= 15 is 0 Å². The van der Waals surface area contributed by atoms with Crippen LogP contribution in [0.2, 0.25) is 0 Å². The minimum atomic E-state index is -1.98. The Hall–Kier alpha value is -1.99. The van der Waals surface area contributed by atoms with Crippen LogP contribution in [0.25, 0.3) is 0 Å². The summed E-state index contributed by atoms with van der Waals surface area (Å²) in [6.45, 7) is 1.69. The smallest absolute Gasteiger partial charge is 0.220 e. The number of allylic oxidation sites excluding steroid dienone is 5. The number of rotatable bonds is 55. The number of hydrogen-bond acceptors (Lipinski definition) is 18. The number of amides is 1. The Labute approximate surface area is 536 Å². The van der Waals surface area contributed by atoms with Crippen molar-refractivity contribution in [2.45, 2.75) is 375 Å². The van der Waals surface area contributed by atoms with Gasteiger partial charge in [0.15, 0.2) is 18.9 Å². The van der Waals surface area contributed by atoms with E-state index in [1.807, 2.05) is 6.08 Å². The number of aliphatic hydroxyl groups is 11. The van der Waals surface area contributed by atoms with Gasteiger partial charge < -0.3 is 89.9 Å². The van der Waals surface area contributed by atoms with Gasteiger partial charge in [0.25, 0.3) is 0 Å². The molecular formula is C70H129NO18. The van der Waals surface area contributed by atoms with Crippen molar-refractivity contribution < 1.29 is 89.4 Å². The summed E-state index contributed by atoms with van der Waals surface area (Å²) < 4.78 is 34.3. The Kier molecular flexibility index (Phi) is 47.7. The Morgan fingerprint density at radius 1 is 0.393 bits per heavy atom. The lowest BCUT2D eigenvalue weighted by Gasteiger charge is -2.48. The average molecular weight is 1270 g/mol. The summed E-state index contributed by atoms with van der Waals surface area (Å²) >= 11 is 0. The number of aliphatic hydroxyl groups excluding tert-OH is 11. The lowest BCUT2D eigenvalue weighted by molar-refractivity contribution is -0.379. The maximum Gasteiger partial charge on any atom is 0.220 e. The van der Waals surface area contributed by atoms with Gasteiger partial charge in [-0.2, -0.15) is 0 Å². The van der Waals surface area contributed by atoms with Gasteiger partial charge in [-0.05, 0) is 57.8 Å². The molecule has 0 spiro atoms. The normalized spacial score (nSPS) is 28.4. The molecular weight excluding hydrogens is 1140 g/mol. The van der Waals surface area contributed by atoms with E-state index in [2.05, 4.69) is 43.5 Å². The van der Waals surface area contributed by atoms with Crippen LogP contribution in [0.1, 0.15) is 271 Å². The van der Waals surface area contributed by atoms with Crippen molar-refractivity contribution in [2.24, 2.45) is 0 Å². The molecule has 0 aromatic heterocycles. The quantitative estimate of drug-likeness (QED) is 0.0199. The number of unbranched alkanes of at least 4 members (excludes halogenated alkanes) is 35. The van der Waals surface area contributed by atoms with E-state index in [1.54, 1.807) is 6.08 Å². The molecule has 3 aliphatic rings. The lowest BCUT2D eigenvalue weighted by atomic mass is 9.96. The molecule has 3 rings (SSSR count). The highest BCUT2D eigenvalue weighted by atomic mass is 16.8. The SMILES string of the molecule is CCCCC/C=C\CCCCCCCC(=O)NC(COC1OC(CO)C(OC2OC(CO)C(OC3OC(CO)C(O)C(O)C3O)C(O)C2O)C(O)C1O)C(O)/C=C/CC/C=C/CCCCCCCCCCCCCCCCCCCCCCCCCCCC. The summed E-state index contributed by atoms with van der Waals surface area (Å²) in [5.41, 5.74) is 0.